The van der Waals surface area contributed by atoms with Crippen LogP contribution in [-0.2, 0) is 11.3 Å². The maximum absolute atomic E-state index is 12.3. The summed E-state index contributed by atoms with van der Waals surface area (Å²) in [5.41, 5.74) is 2.53. The molecular formula is C20H21N3O2S. The Morgan fingerprint density at radius 2 is 1.96 bits per heavy atom. The number of nitrogens with one attached hydrogen (secondary N) is 1. The maximum Gasteiger partial charge on any atom is 0.251 e. The minimum atomic E-state index is -0.0107. The zero-order chi connectivity index (χ0) is 17.9. The molecule has 1 aliphatic heterocycles. The van der Waals surface area contributed by atoms with Crippen molar-refractivity contribution >= 4 is 29.3 Å². The van der Waals surface area contributed by atoms with Crippen molar-refractivity contribution < 1.29 is 9.59 Å². The molecule has 0 radical (unpaired) electrons. The number of fused-ring (bicyclic) bond motifs is 1. The quantitative estimate of drug-likeness (QED) is 0.900. The lowest BCUT2D eigenvalue weighted by atomic mass is 10.1. The third kappa shape index (κ3) is 3.60. The Morgan fingerprint density at radius 3 is 2.73 bits per heavy atom. The zero-order valence-electron chi connectivity index (χ0n) is 14.5. The van der Waals surface area contributed by atoms with Gasteiger partial charge in [0.25, 0.3) is 5.91 Å². The Labute approximate surface area is 157 Å². The second-order valence-electron chi connectivity index (χ2n) is 6.75. The van der Waals surface area contributed by atoms with Gasteiger partial charge in [0.15, 0.2) is 0 Å². The topological polar surface area (TPSA) is 62.3 Å². The van der Waals surface area contributed by atoms with Gasteiger partial charge in [-0.2, -0.15) is 0 Å². The van der Waals surface area contributed by atoms with Gasteiger partial charge in [0.05, 0.1) is 18.0 Å². The number of aromatic nitrogens is 1. The van der Waals surface area contributed by atoms with Gasteiger partial charge in [-0.25, -0.2) is 4.98 Å². The van der Waals surface area contributed by atoms with Gasteiger partial charge in [-0.3, -0.25) is 9.59 Å². The van der Waals surface area contributed by atoms with E-state index >= 15 is 0 Å². The molecule has 1 aromatic carbocycles. The van der Waals surface area contributed by atoms with Crippen molar-refractivity contribution in [2.24, 2.45) is 0 Å². The first-order chi connectivity index (χ1) is 12.7. The monoisotopic (exact) mass is 367 g/mol. The molecule has 1 aromatic heterocycles. The summed E-state index contributed by atoms with van der Waals surface area (Å²) in [6.45, 7) is 0.489. The number of thioether (sulfide) groups is 1. The van der Waals surface area contributed by atoms with E-state index < -0.39 is 0 Å². The van der Waals surface area contributed by atoms with Gasteiger partial charge < -0.3 is 10.2 Å². The number of carbonyl (C=O) groups is 2. The van der Waals surface area contributed by atoms with Crippen LogP contribution in [0.15, 0.2) is 47.6 Å². The van der Waals surface area contributed by atoms with Crippen LogP contribution in [0.1, 0.15) is 41.6 Å². The molecule has 5 nitrogen and oxygen atoms in total. The SMILES string of the molecule is O=C(NC1CCCC1)c1ccc(CN2C(=O)CSc3ncccc32)cc1. The third-order valence-corrected chi connectivity index (χ3v) is 5.90. The van der Waals surface area contributed by atoms with Gasteiger partial charge in [-0.1, -0.05) is 36.7 Å². The van der Waals surface area contributed by atoms with Crippen LogP contribution in [0.2, 0.25) is 0 Å². The Morgan fingerprint density at radius 1 is 1.19 bits per heavy atom. The number of anilines is 1. The average molecular weight is 367 g/mol. The van der Waals surface area contributed by atoms with Crippen molar-refractivity contribution in [1.82, 2.24) is 10.3 Å². The van der Waals surface area contributed by atoms with Crippen molar-refractivity contribution in [3.63, 3.8) is 0 Å². The summed E-state index contributed by atoms with van der Waals surface area (Å²) in [5.74, 6) is 0.480. The zero-order valence-corrected chi connectivity index (χ0v) is 15.3. The average Bonchev–Trinajstić information content (AvgIpc) is 3.17. The summed E-state index contributed by atoms with van der Waals surface area (Å²) in [4.78, 5) is 30.8. The molecule has 2 aromatic rings. The van der Waals surface area contributed by atoms with Crippen LogP contribution in [-0.4, -0.2) is 28.6 Å². The molecular weight excluding hydrogens is 346 g/mol. The molecule has 0 unspecified atom stereocenters. The number of amides is 2. The van der Waals surface area contributed by atoms with Gasteiger partial charge in [0.1, 0.15) is 5.03 Å². The first-order valence-electron chi connectivity index (χ1n) is 8.99. The molecule has 0 atom stereocenters. The number of hydrogen-bond acceptors (Lipinski definition) is 4. The number of hydrogen-bond donors (Lipinski definition) is 1. The molecule has 0 spiro atoms. The highest BCUT2D eigenvalue weighted by Gasteiger charge is 2.25. The number of benzene rings is 1. The number of pyridine rings is 1. The van der Waals surface area contributed by atoms with E-state index in [0.717, 1.165) is 29.1 Å². The van der Waals surface area contributed by atoms with Crippen LogP contribution >= 0.6 is 11.8 Å². The standard InChI is InChI=1S/C20H21N3O2S/c24-18-13-26-20-17(6-3-11-21-20)23(18)12-14-7-9-15(10-8-14)19(25)22-16-4-1-2-5-16/h3,6-11,16H,1-2,4-5,12-13H2,(H,22,25). The normalized spacial score (nSPS) is 17.2. The molecule has 1 saturated carbocycles. The Bertz CT molecular complexity index is 816. The van der Waals surface area contributed by atoms with E-state index in [4.69, 9.17) is 0 Å². The van der Waals surface area contributed by atoms with Gasteiger partial charge in [-0.05, 0) is 42.7 Å². The van der Waals surface area contributed by atoms with Crippen LogP contribution in [0.3, 0.4) is 0 Å². The molecule has 1 aliphatic carbocycles. The Balaban J connectivity index is 1.46. The largest absolute Gasteiger partial charge is 0.349 e. The minimum absolute atomic E-state index is 0.0107. The molecule has 2 amide bonds. The first-order valence-corrected chi connectivity index (χ1v) is 9.97. The first kappa shape index (κ1) is 17.1. The van der Waals surface area contributed by atoms with Crippen LogP contribution in [0.5, 0.6) is 0 Å². The Kier molecular flexibility index (Phi) is 4.93. The summed E-state index contributed by atoms with van der Waals surface area (Å²) in [5, 5.41) is 3.99. The highest BCUT2D eigenvalue weighted by Crippen LogP contribution is 2.34. The van der Waals surface area contributed by atoms with Gasteiger partial charge in [-0.15, -0.1) is 0 Å². The van der Waals surface area contributed by atoms with Crippen LogP contribution < -0.4 is 10.2 Å². The molecule has 134 valence electrons. The predicted molar refractivity (Wildman–Crippen MR) is 102 cm³/mol. The van der Waals surface area contributed by atoms with Gasteiger partial charge >= 0.3 is 0 Å². The van der Waals surface area contributed by atoms with E-state index in [1.54, 1.807) is 11.1 Å². The highest BCUT2D eigenvalue weighted by atomic mass is 32.2. The van der Waals surface area contributed by atoms with Crippen molar-refractivity contribution in [2.75, 3.05) is 10.7 Å². The maximum atomic E-state index is 12.3. The second kappa shape index (κ2) is 7.50. The van der Waals surface area contributed by atoms with E-state index in [1.165, 1.54) is 24.6 Å². The summed E-state index contributed by atoms with van der Waals surface area (Å²) < 4.78 is 0. The van der Waals surface area contributed by atoms with E-state index in [-0.39, 0.29) is 11.8 Å². The minimum Gasteiger partial charge on any atom is -0.349 e. The third-order valence-electron chi connectivity index (χ3n) is 4.92. The lowest BCUT2D eigenvalue weighted by molar-refractivity contribution is -0.116. The van der Waals surface area contributed by atoms with E-state index in [2.05, 4.69) is 10.3 Å². The van der Waals surface area contributed by atoms with E-state index in [1.807, 2.05) is 36.4 Å². The smallest absolute Gasteiger partial charge is 0.251 e. The van der Waals surface area contributed by atoms with E-state index in [0.29, 0.717) is 23.9 Å². The van der Waals surface area contributed by atoms with Gasteiger partial charge in [0.2, 0.25) is 5.91 Å². The Hall–Kier alpha value is -2.34. The molecule has 1 fully saturated rings. The summed E-state index contributed by atoms with van der Waals surface area (Å²) in [6, 6.07) is 11.6. The lowest BCUT2D eigenvalue weighted by Crippen LogP contribution is -2.35. The number of carbonyl (C=O) groups excluding carboxylic acids is 2. The molecule has 1 N–H and O–H groups in total. The molecule has 4 rings (SSSR count). The molecule has 0 saturated heterocycles. The molecule has 6 heteroatoms. The van der Waals surface area contributed by atoms with E-state index in [9.17, 15) is 9.59 Å². The van der Waals surface area contributed by atoms with Crippen molar-refractivity contribution in [3.8, 4) is 0 Å². The predicted octanol–water partition coefficient (Wildman–Crippen LogP) is 3.39. The number of nitrogens with zero attached hydrogens (tertiary/aromatic N) is 2. The number of rotatable bonds is 4. The fourth-order valence-corrected chi connectivity index (χ4v) is 4.38. The van der Waals surface area contributed by atoms with Crippen molar-refractivity contribution in [3.05, 3.63) is 53.7 Å². The van der Waals surface area contributed by atoms with Crippen LogP contribution in [0.4, 0.5) is 5.69 Å². The fourth-order valence-electron chi connectivity index (χ4n) is 3.50. The van der Waals surface area contributed by atoms with Crippen molar-refractivity contribution in [1.29, 1.82) is 0 Å². The van der Waals surface area contributed by atoms with Crippen LogP contribution in [0.25, 0.3) is 0 Å². The highest BCUT2D eigenvalue weighted by molar-refractivity contribution is 8.00. The lowest BCUT2D eigenvalue weighted by Gasteiger charge is -2.28. The van der Waals surface area contributed by atoms with Crippen molar-refractivity contribution in [2.45, 2.75) is 43.3 Å². The summed E-state index contributed by atoms with van der Waals surface area (Å²) in [7, 11) is 0. The second-order valence-corrected chi connectivity index (χ2v) is 7.71. The molecule has 2 heterocycles. The summed E-state index contributed by atoms with van der Waals surface area (Å²) in [6.07, 6.45) is 6.29. The van der Waals surface area contributed by atoms with Crippen LogP contribution in [0, 0.1) is 0 Å². The fraction of sp³-hybridized carbons (Fsp3) is 0.350. The molecule has 2 aliphatic rings. The summed E-state index contributed by atoms with van der Waals surface area (Å²) >= 11 is 1.48. The molecule has 26 heavy (non-hydrogen) atoms. The molecule has 0 bridgehead atoms. The van der Waals surface area contributed by atoms with Gasteiger partial charge in [0, 0.05) is 17.8 Å².